The molecular formula is C14H12O2S2. The Morgan fingerprint density at radius 2 is 1.61 bits per heavy atom. The second-order valence-corrected chi connectivity index (χ2v) is 6.09. The SMILES string of the molecule is Cc1cccc(SSc2cccc(C(=O)O)c2)c1. The molecule has 0 aromatic heterocycles. The normalized spacial score (nSPS) is 10.3. The average molecular weight is 276 g/mol. The standard InChI is InChI=1S/C14H12O2S2/c1-10-4-2-6-12(8-10)17-18-13-7-3-5-11(9-13)14(15)16/h2-9H,1H3,(H,15,16). The minimum Gasteiger partial charge on any atom is -0.478 e. The van der Waals surface area contributed by atoms with E-state index in [2.05, 4.69) is 19.1 Å². The molecule has 4 heteroatoms. The number of hydrogen-bond acceptors (Lipinski definition) is 3. The van der Waals surface area contributed by atoms with E-state index in [4.69, 9.17) is 5.11 Å². The van der Waals surface area contributed by atoms with E-state index in [-0.39, 0.29) is 0 Å². The summed E-state index contributed by atoms with van der Waals surface area (Å²) < 4.78 is 0. The van der Waals surface area contributed by atoms with Gasteiger partial charge in [0, 0.05) is 9.79 Å². The number of rotatable bonds is 4. The first-order valence-electron chi connectivity index (χ1n) is 5.40. The van der Waals surface area contributed by atoms with Gasteiger partial charge in [-0.15, -0.1) is 0 Å². The van der Waals surface area contributed by atoms with Crippen LogP contribution in [-0.4, -0.2) is 11.1 Å². The van der Waals surface area contributed by atoms with E-state index in [1.54, 1.807) is 39.8 Å². The molecule has 0 spiro atoms. The van der Waals surface area contributed by atoms with Gasteiger partial charge in [-0.3, -0.25) is 0 Å². The summed E-state index contributed by atoms with van der Waals surface area (Å²) in [5.41, 5.74) is 1.55. The Morgan fingerprint density at radius 1 is 1.00 bits per heavy atom. The van der Waals surface area contributed by atoms with Gasteiger partial charge in [0.15, 0.2) is 0 Å². The topological polar surface area (TPSA) is 37.3 Å². The van der Waals surface area contributed by atoms with Crippen LogP contribution in [0.25, 0.3) is 0 Å². The molecule has 0 heterocycles. The summed E-state index contributed by atoms with van der Waals surface area (Å²) in [5, 5.41) is 8.91. The van der Waals surface area contributed by atoms with Gasteiger partial charge in [0.25, 0.3) is 0 Å². The summed E-state index contributed by atoms with van der Waals surface area (Å²) in [6, 6.07) is 15.2. The Bertz CT molecular complexity index is 567. The van der Waals surface area contributed by atoms with Crippen molar-refractivity contribution >= 4 is 27.6 Å². The third kappa shape index (κ3) is 3.55. The van der Waals surface area contributed by atoms with Crippen LogP contribution in [0.1, 0.15) is 15.9 Å². The van der Waals surface area contributed by atoms with Crippen LogP contribution in [0.4, 0.5) is 0 Å². The van der Waals surface area contributed by atoms with Crippen LogP contribution in [0.5, 0.6) is 0 Å². The van der Waals surface area contributed by atoms with Crippen molar-refractivity contribution < 1.29 is 9.90 Å². The fraction of sp³-hybridized carbons (Fsp3) is 0.0714. The van der Waals surface area contributed by atoms with E-state index in [9.17, 15) is 4.79 Å². The number of benzene rings is 2. The maximum absolute atomic E-state index is 10.9. The van der Waals surface area contributed by atoms with Crippen molar-refractivity contribution in [2.45, 2.75) is 16.7 Å². The molecule has 0 aliphatic carbocycles. The molecule has 92 valence electrons. The minimum atomic E-state index is -0.891. The summed E-state index contributed by atoms with van der Waals surface area (Å²) in [4.78, 5) is 13.0. The first-order valence-corrected chi connectivity index (χ1v) is 7.55. The monoisotopic (exact) mass is 276 g/mol. The molecule has 2 rings (SSSR count). The number of carboxylic acid groups (broad SMARTS) is 1. The van der Waals surface area contributed by atoms with Crippen LogP contribution in [0.15, 0.2) is 58.3 Å². The number of hydrogen-bond donors (Lipinski definition) is 1. The molecule has 0 saturated heterocycles. The van der Waals surface area contributed by atoms with Gasteiger partial charge in [-0.25, -0.2) is 4.79 Å². The molecule has 0 bridgehead atoms. The van der Waals surface area contributed by atoms with Crippen LogP contribution in [0.2, 0.25) is 0 Å². The van der Waals surface area contributed by atoms with Gasteiger partial charge < -0.3 is 5.11 Å². The Balaban J connectivity index is 2.06. The highest BCUT2D eigenvalue weighted by atomic mass is 33.1. The molecule has 0 atom stereocenters. The van der Waals surface area contributed by atoms with Crippen molar-refractivity contribution in [3.63, 3.8) is 0 Å². The second-order valence-electron chi connectivity index (χ2n) is 3.82. The quantitative estimate of drug-likeness (QED) is 0.835. The van der Waals surface area contributed by atoms with Gasteiger partial charge in [0.1, 0.15) is 0 Å². The summed E-state index contributed by atoms with van der Waals surface area (Å²) in [7, 11) is 3.20. The Hall–Kier alpha value is -1.39. The zero-order chi connectivity index (χ0) is 13.0. The Labute approximate surface area is 114 Å². The molecule has 18 heavy (non-hydrogen) atoms. The van der Waals surface area contributed by atoms with Crippen LogP contribution in [0.3, 0.4) is 0 Å². The maximum atomic E-state index is 10.9. The Kier molecular flexibility index (Phi) is 4.33. The van der Waals surface area contributed by atoms with Gasteiger partial charge in [0.2, 0.25) is 0 Å². The number of carboxylic acids is 1. The van der Waals surface area contributed by atoms with Crippen LogP contribution in [-0.2, 0) is 0 Å². The van der Waals surface area contributed by atoms with E-state index in [0.717, 1.165) is 4.90 Å². The van der Waals surface area contributed by atoms with E-state index < -0.39 is 5.97 Å². The molecule has 0 unspecified atom stereocenters. The summed E-state index contributed by atoms with van der Waals surface area (Å²) >= 11 is 0. The molecule has 0 aliphatic rings. The zero-order valence-corrected chi connectivity index (χ0v) is 11.4. The van der Waals surface area contributed by atoms with Crippen LogP contribution >= 0.6 is 21.6 Å². The zero-order valence-electron chi connectivity index (χ0n) is 9.79. The summed E-state index contributed by atoms with van der Waals surface area (Å²) in [5.74, 6) is -0.891. The molecular weight excluding hydrogens is 264 g/mol. The third-order valence-electron chi connectivity index (χ3n) is 2.30. The van der Waals surface area contributed by atoms with Crippen LogP contribution in [0, 0.1) is 6.92 Å². The van der Waals surface area contributed by atoms with Gasteiger partial charge in [-0.05, 0) is 42.8 Å². The number of aromatic carboxylic acids is 1. The second kappa shape index (κ2) is 5.98. The highest BCUT2D eigenvalue weighted by Gasteiger charge is 2.04. The lowest BCUT2D eigenvalue weighted by Crippen LogP contribution is -1.94. The van der Waals surface area contributed by atoms with Crippen molar-refractivity contribution in [3.05, 3.63) is 59.7 Å². The molecule has 1 N–H and O–H groups in total. The molecule has 0 aliphatic heterocycles. The van der Waals surface area contributed by atoms with E-state index in [1.807, 2.05) is 18.2 Å². The molecule has 0 saturated carbocycles. The van der Waals surface area contributed by atoms with Crippen LogP contribution < -0.4 is 0 Å². The van der Waals surface area contributed by atoms with Gasteiger partial charge in [-0.1, -0.05) is 39.8 Å². The average Bonchev–Trinajstić information content (AvgIpc) is 2.37. The lowest BCUT2D eigenvalue weighted by Gasteiger charge is -2.03. The molecule has 0 radical (unpaired) electrons. The lowest BCUT2D eigenvalue weighted by atomic mass is 10.2. The van der Waals surface area contributed by atoms with Gasteiger partial charge in [0.05, 0.1) is 5.56 Å². The van der Waals surface area contributed by atoms with E-state index in [1.165, 1.54) is 10.5 Å². The molecule has 0 fully saturated rings. The highest BCUT2D eigenvalue weighted by Crippen LogP contribution is 2.37. The smallest absolute Gasteiger partial charge is 0.335 e. The Morgan fingerprint density at radius 3 is 2.22 bits per heavy atom. The maximum Gasteiger partial charge on any atom is 0.335 e. The fourth-order valence-electron chi connectivity index (χ4n) is 1.44. The van der Waals surface area contributed by atoms with Crippen molar-refractivity contribution in [2.75, 3.05) is 0 Å². The predicted molar refractivity (Wildman–Crippen MR) is 76.3 cm³/mol. The first-order chi connectivity index (χ1) is 8.65. The minimum absolute atomic E-state index is 0.324. The summed E-state index contributed by atoms with van der Waals surface area (Å²) in [6.45, 7) is 2.06. The molecule has 2 aromatic carbocycles. The fourth-order valence-corrected chi connectivity index (χ4v) is 3.51. The third-order valence-corrected chi connectivity index (χ3v) is 4.69. The lowest BCUT2D eigenvalue weighted by molar-refractivity contribution is 0.0696. The number of aryl methyl sites for hydroxylation is 1. The van der Waals surface area contributed by atoms with Gasteiger partial charge >= 0.3 is 5.97 Å². The van der Waals surface area contributed by atoms with E-state index in [0.29, 0.717) is 5.56 Å². The van der Waals surface area contributed by atoms with Crippen molar-refractivity contribution in [1.29, 1.82) is 0 Å². The van der Waals surface area contributed by atoms with Crippen molar-refractivity contribution in [2.24, 2.45) is 0 Å². The molecule has 2 nitrogen and oxygen atoms in total. The summed E-state index contributed by atoms with van der Waals surface area (Å²) in [6.07, 6.45) is 0. The largest absolute Gasteiger partial charge is 0.478 e. The van der Waals surface area contributed by atoms with Crippen molar-refractivity contribution in [3.8, 4) is 0 Å². The van der Waals surface area contributed by atoms with Crippen molar-refractivity contribution in [1.82, 2.24) is 0 Å². The first kappa shape index (κ1) is 13.1. The van der Waals surface area contributed by atoms with Gasteiger partial charge in [-0.2, -0.15) is 0 Å². The van der Waals surface area contributed by atoms with E-state index >= 15 is 0 Å². The number of carbonyl (C=O) groups is 1. The highest BCUT2D eigenvalue weighted by molar-refractivity contribution is 8.76. The predicted octanol–water partition coefficient (Wildman–Crippen LogP) is 4.49. The molecule has 2 aromatic rings. The molecule has 0 amide bonds.